The number of urea groups is 1. The lowest BCUT2D eigenvalue weighted by Crippen LogP contribution is -2.39. The molecule has 0 fully saturated rings. The predicted octanol–water partition coefficient (Wildman–Crippen LogP) is 5.46. The fourth-order valence-electron chi connectivity index (χ4n) is 2.67. The van der Waals surface area contributed by atoms with E-state index in [0.717, 1.165) is 5.56 Å². The van der Waals surface area contributed by atoms with E-state index in [-0.39, 0.29) is 12.1 Å². The zero-order valence-corrected chi connectivity index (χ0v) is 18.0. The summed E-state index contributed by atoms with van der Waals surface area (Å²) in [5.74, 6) is 1.37. The Labute approximate surface area is 175 Å². The number of amides is 2. The molecule has 0 radical (unpaired) electrons. The zero-order valence-electron chi connectivity index (χ0n) is 16.5. The monoisotopic (exact) mass is 426 g/mol. The molecule has 0 aliphatic carbocycles. The highest BCUT2D eigenvalue weighted by atomic mass is 35.5. The van der Waals surface area contributed by atoms with Gasteiger partial charge in [0.15, 0.2) is 11.5 Å². The van der Waals surface area contributed by atoms with Gasteiger partial charge in [0.05, 0.1) is 37.1 Å². The number of carbonyl (C=O) groups excluding carboxylic acids is 1. The maximum absolute atomic E-state index is 12.9. The molecule has 0 aliphatic rings. The minimum Gasteiger partial charge on any atom is -0.493 e. The van der Waals surface area contributed by atoms with Crippen molar-refractivity contribution in [3.8, 4) is 17.2 Å². The number of benzene rings is 2. The molecule has 2 amide bonds. The summed E-state index contributed by atoms with van der Waals surface area (Å²) in [5.41, 5.74) is 1.41. The third-order valence-electron chi connectivity index (χ3n) is 4.14. The predicted molar refractivity (Wildman–Crippen MR) is 112 cm³/mol. The van der Waals surface area contributed by atoms with Gasteiger partial charge in [-0.2, -0.15) is 0 Å². The van der Waals surface area contributed by atoms with Gasteiger partial charge in [0.2, 0.25) is 5.75 Å². The highest BCUT2D eigenvalue weighted by Crippen LogP contribution is 2.40. The van der Waals surface area contributed by atoms with Gasteiger partial charge in [-0.3, -0.25) is 0 Å². The summed E-state index contributed by atoms with van der Waals surface area (Å²) >= 11 is 12.1. The van der Waals surface area contributed by atoms with Gasteiger partial charge in [0, 0.05) is 24.7 Å². The number of nitrogens with one attached hydrogen (secondary N) is 1. The van der Waals surface area contributed by atoms with Gasteiger partial charge in [-0.05, 0) is 31.5 Å². The molecule has 0 saturated heterocycles. The maximum atomic E-state index is 12.9. The third kappa shape index (κ3) is 5.14. The van der Waals surface area contributed by atoms with Crippen LogP contribution in [0.25, 0.3) is 0 Å². The van der Waals surface area contributed by atoms with Gasteiger partial charge in [-0.25, -0.2) is 4.79 Å². The Hall–Kier alpha value is -2.31. The number of hydrogen-bond acceptors (Lipinski definition) is 4. The summed E-state index contributed by atoms with van der Waals surface area (Å²) < 4.78 is 16.0. The van der Waals surface area contributed by atoms with E-state index >= 15 is 0 Å². The molecular formula is C20H24Cl2N2O4. The van der Waals surface area contributed by atoms with E-state index in [1.165, 1.54) is 21.3 Å². The Morgan fingerprint density at radius 3 is 2.07 bits per heavy atom. The summed E-state index contributed by atoms with van der Waals surface area (Å²) in [7, 11) is 4.57. The summed E-state index contributed by atoms with van der Waals surface area (Å²) in [6, 6.07) is 8.36. The van der Waals surface area contributed by atoms with Crippen LogP contribution in [0.2, 0.25) is 10.0 Å². The lowest BCUT2D eigenvalue weighted by atomic mass is 10.2. The molecule has 0 aromatic heterocycles. The van der Waals surface area contributed by atoms with Gasteiger partial charge >= 0.3 is 6.03 Å². The first kappa shape index (κ1) is 22.0. The smallest absolute Gasteiger partial charge is 0.322 e. The topological polar surface area (TPSA) is 60.0 Å². The summed E-state index contributed by atoms with van der Waals surface area (Å²) in [6.07, 6.45) is 0. The number of anilines is 1. The van der Waals surface area contributed by atoms with Crippen LogP contribution in [0.3, 0.4) is 0 Å². The van der Waals surface area contributed by atoms with Crippen LogP contribution in [0.15, 0.2) is 30.3 Å². The van der Waals surface area contributed by atoms with E-state index in [1.54, 1.807) is 29.2 Å². The zero-order chi connectivity index (χ0) is 20.8. The van der Waals surface area contributed by atoms with Gasteiger partial charge in [-0.15, -0.1) is 0 Å². The molecule has 8 heteroatoms. The van der Waals surface area contributed by atoms with Crippen LogP contribution in [0, 0.1) is 0 Å². The van der Waals surface area contributed by atoms with E-state index < -0.39 is 0 Å². The van der Waals surface area contributed by atoms with Crippen molar-refractivity contribution in [2.24, 2.45) is 0 Å². The van der Waals surface area contributed by atoms with Crippen molar-refractivity contribution in [2.75, 3.05) is 26.6 Å². The highest BCUT2D eigenvalue weighted by molar-refractivity contribution is 6.42. The van der Waals surface area contributed by atoms with E-state index in [4.69, 9.17) is 37.4 Å². The number of halogens is 2. The minimum absolute atomic E-state index is 0.0449. The molecule has 0 saturated carbocycles. The Balaban J connectivity index is 2.25. The molecule has 0 aliphatic heterocycles. The second-order valence-corrected chi connectivity index (χ2v) is 7.13. The van der Waals surface area contributed by atoms with Crippen LogP contribution in [0.4, 0.5) is 10.5 Å². The fourth-order valence-corrected chi connectivity index (χ4v) is 2.99. The van der Waals surface area contributed by atoms with Crippen LogP contribution in [0.1, 0.15) is 19.4 Å². The SMILES string of the molecule is COc1cc(NC(=O)N(Cc2ccc(Cl)c(Cl)c2)C(C)C)cc(OC)c1OC. The van der Waals surface area contributed by atoms with E-state index in [1.807, 2.05) is 19.9 Å². The molecule has 0 heterocycles. The molecule has 6 nitrogen and oxygen atoms in total. The minimum atomic E-state index is -0.268. The first-order chi connectivity index (χ1) is 13.3. The quantitative estimate of drug-likeness (QED) is 0.638. The van der Waals surface area contributed by atoms with Crippen LogP contribution >= 0.6 is 23.2 Å². The van der Waals surface area contributed by atoms with Crippen molar-refractivity contribution in [3.05, 3.63) is 45.9 Å². The Morgan fingerprint density at radius 2 is 1.61 bits per heavy atom. The Kier molecular flexibility index (Phi) is 7.66. The Morgan fingerprint density at radius 1 is 1.00 bits per heavy atom. The molecule has 1 N–H and O–H groups in total. The van der Waals surface area contributed by atoms with Crippen molar-refractivity contribution in [1.82, 2.24) is 4.90 Å². The van der Waals surface area contributed by atoms with Gasteiger partial charge < -0.3 is 24.4 Å². The lowest BCUT2D eigenvalue weighted by Gasteiger charge is -2.27. The number of hydrogen-bond donors (Lipinski definition) is 1. The third-order valence-corrected chi connectivity index (χ3v) is 4.88. The second kappa shape index (κ2) is 9.75. The molecule has 152 valence electrons. The molecule has 28 heavy (non-hydrogen) atoms. The maximum Gasteiger partial charge on any atom is 0.322 e. The van der Waals surface area contributed by atoms with Crippen LogP contribution in [-0.2, 0) is 6.54 Å². The van der Waals surface area contributed by atoms with Crippen molar-refractivity contribution >= 4 is 34.9 Å². The molecule has 0 bridgehead atoms. The van der Waals surface area contributed by atoms with Crippen molar-refractivity contribution in [1.29, 1.82) is 0 Å². The summed E-state index contributed by atoms with van der Waals surface area (Å²) in [5, 5.41) is 3.81. The highest BCUT2D eigenvalue weighted by Gasteiger charge is 2.20. The molecule has 0 spiro atoms. The molecule has 2 rings (SSSR count). The molecule has 0 unspecified atom stereocenters. The number of methoxy groups -OCH3 is 3. The van der Waals surface area contributed by atoms with Gasteiger partial charge in [0.1, 0.15) is 0 Å². The first-order valence-electron chi connectivity index (χ1n) is 8.62. The van der Waals surface area contributed by atoms with Gasteiger partial charge in [-0.1, -0.05) is 29.3 Å². The average Bonchev–Trinajstić information content (AvgIpc) is 2.67. The van der Waals surface area contributed by atoms with Crippen molar-refractivity contribution in [2.45, 2.75) is 26.4 Å². The normalized spacial score (nSPS) is 10.6. The molecule has 0 atom stereocenters. The standard InChI is InChI=1S/C20H24Cl2N2O4/c1-12(2)24(11-13-6-7-15(21)16(22)8-13)20(25)23-14-9-17(26-3)19(28-5)18(10-14)27-4/h6-10,12H,11H2,1-5H3,(H,23,25). The first-order valence-corrected chi connectivity index (χ1v) is 9.37. The second-order valence-electron chi connectivity index (χ2n) is 6.31. The van der Waals surface area contributed by atoms with Crippen LogP contribution in [0.5, 0.6) is 17.2 Å². The number of carbonyl (C=O) groups is 1. The average molecular weight is 427 g/mol. The number of ether oxygens (including phenoxy) is 3. The number of rotatable bonds is 7. The van der Waals surface area contributed by atoms with E-state index in [9.17, 15) is 4.79 Å². The molecule has 2 aromatic carbocycles. The summed E-state index contributed by atoms with van der Waals surface area (Å²) in [4.78, 5) is 14.6. The van der Waals surface area contributed by atoms with Crippen LogP contribution in [-0.4, -0.2) is 38.3 Å². The number of nitrogens with zero attached hydrogens (tertiary/aromatic N) is 1. The summed E-state index contributed by atoms with van der Waals surface area (Å²) in [6.45, 7) is 4.25. The molecule has 2 aromatic rings. The van der Waals surface area contributed by atoms with E-state index in [0.29, 0.717) is 39.5 Å². The Bertz CT molecular complexity index is 818. The lowest BCUT2D eigenvalue weighted by molar-refractivity contribution is 0.193. The largest absolute Gasteiger partial charge is 0.493 e. The fraction of sp³-hybridized carbons (Fsp3) is 0.350. The van der Waals surface area contributed by atoms with Gasteiger partial charge in [0.25, 0.3) is 0 Å². The van der Waals surface area contributed by atoms with Crippen molar-refractivity contribution in [3.63, 3.8) is 0 Å². The molecular weight excluding hydrogens is 403 g/mol. The van der Waals surface area contributed by atoms with E-state index in [2.05, 4.69) is 5.32 Å². The van der Waals surface area contributed by atoms with Crippen LogP contribution < -0.4 is 19.5 Å². The van der Waals surface area contributed by atoms with Crippen molar-refractivity contribution < 1.29 is 19.0 Å².